The molecule has 210 valence electrons. The Labute approximate surface area is 238 Å². The number of aryl methyl sites for hydroxylation is 3. The number of aliphatic hydroxyl groups is 1. The lowest BCUT2D eigenvalue weighted by Crippen LogP contribution is -2.29. The van der Waals surface area contributed by atoms with Gasteiger partial charge in [-0.15, -0.1) is 0 Å². The number of thiazole rings is 1. The largest absolute Gasteiger partial charge is 0.507 e. The van der Waals surface area contributed by atoms with Gasteiger partial charge in [-0.2, -0.15) is 0 Å². The molecule has 2 heterocycles. The van der Waals surface area contributed by atoms with Crippen molar-refractivity contribution in [1.29, 1.82) is 0 Å². The van der Waals surface area contributed by atoms with E-state index in [-0.39, 0.29) is 22.2 Å². The van der Waals surface area contributed by atoms with Crippen LogP contribution in [0.1, 0.15) is 76.8 Å². The predicted molar refractivity (Wildman–Crippen MR) is 156 cm³/mol. The van der Waals surface area contributed by atoms with Gasteiger partial charge in [0.2, 0.25) is 0 Å². The Morgan fingerprint density at radius 1 is 1.07 bits per heavy atom. The summed E-state index contributed by atoms with van der Waals surface area (Å²) in [4.78, 5) is 45.5. The van der Waals surface area contributed by atoms with Gasteiger partial charge >= 0.3 is 5.91 Å². The first-order chi connectivity index (χ1) is 19.1. The third kappa shape index (κ3) is 5.51. The van der Waals surface area contributed by atoms with Crippen LogP contribution in [0.2, 0.25) is 0 Å². The smallest absolute Gasteiger partial charge is 0.301 e. The minimum Gasteiger partial charge on any atom is -0.507 e. The van der Waals surface area contributed by atoms with Gasteiger partial charge in [-0.25, -0.2) is 4.98 Å². The van der Waals surface area contributed by atoms with Gasteiger partial charge in [0.25, 0.3) is 5.78 Å². The van der Waals surface area contributed by atoms with E-state index in [1.807, 2.05) is 26.0 Å². The zero-order valence-corrected chi connectivity index (χ0v) is 24.5. The highest BCUT2D eigenvalue weighted by Gasteiger charge is 2.48. The maximum Gasteiger partial charge on any atom is 0.301 e. The van der Waals surface area contributed by atoms with Gasteiger partial charge in [0.05, 0.1) is 35.9 Å². The summed E-state index contributed by atoms with van der Waals surface area (Å²) in [5.74, 6) is -1.15. The van der Waals surface area contributed by atoms with E-state index in [9.17, 15) is 19.5 Å². The number of methoxy groups -OCH3 is 1. The molecule has 1 N–H and O–H groups in total. The number of anilines is 1. The van der Waals surface area contributed by atoms with Crippen molar-refractivity contribution in [2.24, 2.45) is 0 Å². The average Bonchev–Trinajstić information content (AvgIpc) is 3.44. The number of aliphatic hydroxyl groups excluding tert-OH is 1. The summed E-state index contributed by atoms with van der Waals surface area (Å²) in [6.45, 7) is 9.48. The molecule has 8 nitrogen and oxygen atoms in total. The number of Topliss-reactive ketones (excluding diaryl/α,β-unsaturated/α-hetero) is 2. The van der Waals surface area contributed by atoms with Crippen molar-refractivity contribution in [2.45, 2.75) is 59.9 Å². The number of hydrogen-bond donors (Lipinski definition) is 1. The molecule has 1 aliphatic heterocycles. The molecule has 1 atom stereocenters. The predicted octanol–water partition coefficient (Wildman–Crippen LogP) is 6.47. The number of benzene rings is 2. The number of carbonyl (C=O) groups is 3. The zero-order chi connectivity index (χ0) is 29.1. The van der Waals surface area contributed by atoms with E-state index in [4.69, 9.17) is 9.47 Å². The quantitative estimate of drug-likeness (QED) is 0.0992. The highest BCUT2D eigenvalue weighted by Crippen LogP contribution is 2.45. The van der Waals surface area contributed by atoms with Gasteiger partial charge in [-0.1, -0.05) is 54.9 Å². The van der Waals surface area contributed by atoms with Crippen LogP contribution in [0.3, 0.4) is 0 Å². The summed E-state index contributed by atoms with van der Waals surface area (Å²) in [5, 5.41) is 11.8. The summed E-state index contributed by atoms with van der Waals surface area (Å²) in [6, 6.07) is 9.75. The Morgan fingerprint density at radius 3 is 2.48 bits per heavy atom. The SMILES string of the molecule is CCCCCOc1ccc(C2/C(=C(\O)c3cc(C)ccc3C)C(=O)C(=O)N2c2nc(C)c(C(C)=O)s2)cc1OC. The van der Waals surface area contributed by atoms with Crippen molar-refractivity contribution in [1.82, 2.24) is 4.98 Å². The van der Waals surface area contributed by atoms with Gasteiger partial charge < -0.3 is 14.6 Å². The highest BCUT2D eigenvalue weighted by atomic mass is 32.1. The number of hydrogen-bond acceptors (Lipinski definition) is 8. The van der Waals surface area contributed by atoms with Crippen LogP contribution in [0.15, 0.2) is 42.0 Å². The van der Waals surface area contributed by atoms with Crippen LogP contribution in [0.5, 0.6) is 11.5 Å². The molecule has 0 spiro atoms. The van der Waals surface area contributed by atoms with Gasteiger partial charge in [0, 0.05) is 12.5 Å². The Kier molecular flexibility index (Phi) is 8.73. The fraction of sp³-hybridized carbons (Fsp3) is 0.355. The number of aromatic nitrogens is 1. The zero-order valence-electron chi connectivity index (χ0n) is 23.7. The van der Waals surface area contributed by atoms with E-state index in [1.165, 1.54) is 18.9 Å². The second kappa shape index (κ2) is 12.0. The van der Waals surface area contributed by atoms with Crippen LogP contribution in [0.25, 0.3) is 5.76 Å². The number of ketones is 2. The topological polar surface area (TPSA) is 106 Å². The molecule has 1 amide bonds. The van der Waals surface area contributed by atoms with Crippen LogP contribution in [0, 0.1) is 20.8 Å². The lowest BCUT2D eigenvalue weighted by molar-refractivity contribution is -0.132. The monoisotopic (exact) mass is 562 g/mol. The van der Waals surface area contributed by atoms with E-state index in [0.29, 0.717) is 39.8 Å². The molecule has 0 bridgehead atoms. The molecular formula is C31H34N2O6S. The molecule has 1 saturated heterocycles. The van der Waals surface area contributed by atoms with Crippen molar-refractivity contribution >= 4 is 39.7 Å². The molecule has 0 radical (unpaired) electrons. The molecule has 0 saturated carbocycles. The first-order valence-electron chi connectivity index (χ1n) is 13.3. The van der Waals surface area contributed by atoms with Crippen LogP contribution in [0.4, 0.5) is 5.13 Å². The maximum absolute atomic E-state index is 13.6. The number of amides is 1. The first kappa shape index (κ1) is 29.0. The first-order valence-corrected chi connectivity index (χ1v) is 14.1. The second-order valence-electron chi connectivity index (χ2n) is 9.92. The van der Waals surface area contributed by atoms with Crippen molar-refractivity contribution in [2.75, 3.05) is 18.6 Å². The molecule has 9 heteroatoms. The molecule has 1 unspecified atom stereocenters. The molecule has 1 aliphatic rings. The highest BCUT2D eigenvalue weighted by molar-refractivity contribution is 7.18. The minimum absolute atomic E-state index is 0.0606. The summed E-state index contributed by atoms with van der Waals surface area (Å²) >= 11 is 1.05. The van der Waals surface area contributed by atoms with Crippen LogP contribution in [-0.4, -0.2) is 41.3 Å². The fourth-order valence-corrected chi connectivity index (χ4v) is 5.79. The van der Waals surface area contributed by atoms with Crippen molar-refractivity contribution in [3.05, 3.63) is 74.8 Å². The van der Waals surface area contributed by atoms with Gasteiger partial charge in [0.15, 0.2) is 22.4 Å². The molecular weight excluding hydrogens is 528 g/mol. The van der Waals surface area contributed by atoms with Crippen LogP contribution < -0.4 is 14.4 Å². The summed E-state index contributed by atoms with van der Waals surface area (Å²) < 4.78 is 11.6. The van der Waals surface area contributed by atoms with E-state index < -0.39 is 17.7 Å². The third-order valence-corrected chi connectivity index (χ3v) is 8.17. The van der Waals surface area contributed by atoms with Crippen molar-refractivity contribution in [3.8, 4) is 11.5 Å². The summed E-state index contributed by atoms with van der Waals surface area (Å²) in [5.41, 5.74) is 3.05. The molecule has 0 aliphatic carbocycles. The van der Waals surface area contributed by atoms with Crippen molar-refractivity contribution in [3.63, 3.8) is 0 Å². The number of carbonyl (C=O) groups excluding carboxylic acids is 3. The Balaban J connectivity index is 1.91. The lowest BCUT2D eigenvalue weighted by atomic mass is 9.93. The summed E-state index contributed by atoms with van der Waals surface area (Å²) in [6.07, 6.45) is 3.02. The molecule has 3 aromatic rings. The van der Waals surface area contributed by atoms with Gasteiger partial charge in [0.1, 0.15) is 5.76 Å². The van der Waals surface area contributed by atoms with E-state index in [1.54, 1.807) is 31.2 Å². The third-order valence-electron chi connectivity index (χ3n) is 6.91. The van der Waals surface area contributed by atoms with Crippen LogP contribution >= 0.6 is 11.3 Å². The normalized spacial score (nSPS) is 16.4. The standard InChI is InChI=1S/C31H34N2O6S/c1-7-8-9-14-39-23-13-12-21(16-24(23)38-6)26-25(27(35)22-15-17(2)10-11-18(22)3)28(36)30(37)33(26)31-32-19(4)29(40-31)20(5)34/h10-13,15-16,26,35H,7-9,14H2,1-6H3/b27-25+. The average molecular weight is 563 g/mol. The number of rotatable bonds is 10. The Bertz CT molecular complexity index is 1510. The fourth-order valence-electron chi connectivity index (χ4n) is 4.80. The van der Waals surface area contributed by atoms with E-state index >= 15 is 0 Å². The molecule has 1 aromatic heterocycles. The Morgan fingerprint density at radius 2 is 1.82 bits per heavy atom. The van der Waals surface area contributed by atoms with E-state index in [0.717, 1.165) is 41.7 Å². The molecule has 40 heavy (non-hydrogen) atoms. The lowest BCUT2D eigenvalue weighted by Gasteiger charge is -2.24. The Hall–Kier alpha value is -3.98. The van der Waals surface area contributed by atoms with E-state index in [2.05, 4.69) is 11.9 Å². The number of nitrogens with zero attached hydrogens (tertiary/aromatic N) is 2. The van der Waals surface area contributed by atoms with Crippen molar-refractivity contribution < 1.29 is 29.0 Å². The maximum atomic E-state index is 13.6. The molecule has 4 rings (SSSR count). The second-order valence-corrected chi connectivity index (χ2v) is 10.9. The minimum atomic E-state index is -1.01. The van der Waals surface area contributed by atoms with Crippen LogP contribution in [-0.2, 0) is 9.59 Å². The number of ether oxygens (including phenoxy) is 2. The van der Waals surface area contributed by atoms with Gasteiger partial charge in [-0.05, 0) is 56.5 Å². The summed E-state index contributed by atoms with van der Waals surface area (Å²) in [7, 11) is 1.52. The molecule has 1 fully saturated rings. The molecule has 2 aromatic carbocycles. The van der Waals surface area contributed by atoms with Gasteiger partial charge in [-0.3, -0.25) is 19.3 Å². The number of unbranched alkanes of at least 4 members (excludes halogenated alkanes) is 2.